The lowest BCUT2D eigenvalue weighted by atomic mass is 10.0. The normalized spacial score (nSPS) is 22.5. The Balaban J connectivity index is 1.84. The predicted molar refractivity (Wildman–Crippen MR) is 68.8 cm³/mol. The van der Waals surface area contributed by atoms with Crippen molar-refractivity contribution in [2.45, 2.75) is 51.2 Å². The Morgan fingerprint density at radius 2 is 2.50 bits per heavy atom. The molecule has 0 saturated carbocycles. The number of ether oxygens (including phenoxy) is 1. The fraction of sp³-hybridized carbons (Fsp3) is 0.692. The van der Waals surface area contributed by atoms with Gasteiger partial charge in [-0.25, -0.2) is 0 Å². The first-order valence-corrected chi connectivity index (χ1v) is 7.12. The Hall–Kier alpha value is -0.380. The number of rotatable bonds is 5. The molecular formula is C13H21NOS. The standard InChI is InChI=1S/C13H21NOS/c1-2-10-7-9-16-13(10)12(14)6-5-11-4-3-8-15-11/h7,9,11-12H,2-6,8,14H2,1H3. The first kappa shape index (κ1) is 12.1. The second-order valence-electron chi connectivity index (χ2n) is 4.48. The number of nitrogens with two attached hydrogens (primary N) is 1. The Kier molecular flexibility index (Phi) is 4.38. The smallest absolute Gasteiger partial charge is 0.0576 e. The Morgan fingerprint density at radius 3 is 3.19 bits per heavy atom. The molecule has 0 aliphatic carbocycles. The average Bonchev–Trinajstić information content (AvgIpc) is 2.96. The molecule has 1 aromatic heterocycles. The molecule has 2 N–H and O–H groups in total. The maximum Gasteiger partial charge on any atom is 0.0576 e. The lowest BCUT2D eigenvalue weighted by Crippen LogP contribution is -2.14. The van der Waals surface area contributed by atoms with Crippen molar-refractivity contribution < 1.29 is 4.74 Å². The summed E-state index contributed by atoms with van der Waals surface area (Å²) in [4.78, 5) is 1.38. The zero-order valence-corrected chi connectivity index (χ0v) is 10.8. The van der Waals surface area contributed by atoms with Crippen LogP contribution in [0.1, 0.15) is 49.1 Å². The van der Waals surface area contributed by atoms with E-state index in [0.29, 0.717) is 6.10 Å². The average molecular weight is 239 g/mol. The van der Waals surface area contributed by atoms with Crippen LogP contribution in [0.2, 0.25) is 0 Å². The fourth-order valence-corrected chi connectivity index (χ4v) is 3.37. The van der Waals surface area contributed by atoms with E-state index in [9.17, 15) is 0 Å². The highest BCUT2D eigenvalue weighted by Gasteiger charge is 2.18. The molecule has 0 amide bonds. The molecule has 2 nitrogen and oxygen atoms in total. The summed E-state index contributed by atoms with van der Waals surface area (Å²) in [6.45, 7) is 3.14. The van der Waals surface area contributed by atoms with Crippen LogP contribution in [-0.2, 0) is 11.2 Å². The van der Waals surface area contributed by atoms with E-state index >= 15 is 0 Å². The molecule has 1 aromatic rings. The molecule has 1 aliphatic rings. The maximum absolute atomic E-state index is 6.25. The predicted octanol–water partition coefficient (Wildman–Crippen LogP) is 3.27. The van der Waals surface area contributed by atoms with E-state index < -0.39 is 0 Å². The summed E-state index contributed by atoms with van der Waals surface area (Å²) in [6.07, 6.45) is 6.17. The van der Waals surface area contributed by atoms with Crippen LogP contribution in [0.5, 0.6) is 0 Å². The lowest BCUT2D eigenvalue weighted by Gasteiger charge is -2.14. The van der Waals surface area contributed by atoms with Gasteiger partial charge in [0.05, 0.1) is 6.10 Å². The largest absolute Gasteiger partial charge is 0.378 e. The molecule has 0 aromatic carbocycles. The zero-order chi connectivity index (χ0) is 11.4. The Bertz CT molecular complexity index is 317. The van der Waals surface area contributed by atoms with E-state index in [4.69, 9.17) is 10.5 Å². The quantitative estimate of drug-likeness (QED) is 0.856. The molecule has 0 bridgehead atoms. The van der Waals surface area contributed by atoms with Crippen molar-refractivity contribution in [3.8, 4) is 0 Å². The van der Waals surface area contributed by atoms with Gasteiger partial charge in [0.15, 0.2) is 0 Å². The van der Waals surface area contributed by atoms with Gasteiger partial charge in [-0.15, -0.1) is 11.3 Å². The molecular weight excluding hydrogens is 218 g/mol. The minimum absolute atomic E-state index is 0.208. The van der Waals surface area contributed by atoms with Crippen molar-refractivity contribution in [1.82, 2.24) is 0 Å². The third kappa shape index (κ3) is 2.84. The van der Waals surface area contributed by atoms with Crippen LogP contribution < -0.4 is 5.73 Å². The summed E-state index contributed by atoms with van der Waals surface area (Å²) < 4.78 is 5.63. The van der Waals surface area contributed by atoms with Gasteiger partial charge in [-0.2, -0.15) is 0 Å². The van der Waals surface area contributed by atoms with Gasteiger partial charge in [0.2, 0.25) is 0 Å². The lowest BCUT2D eigenvalue weighted by molar-refractivity contribution is 0.101. The molecule has 1 aliphatic heterocycles. The van der Waals surface area contributed by atoms with Crippen LogP contribution >= 0.6 is 11.3 Å². The Morgan fingerprint density at radius 1 is 1.62 bits per heavy atom. The second kappa shape index (κ2) is 5.80. The van der Waals surface area contributed by atoms with Gasteiger partial charge in [-0.3, -0.25) is 0 Å². The zero-order valence-electron chi connectivity index (χ0n) is 9.95. The first-order chi connectivity index (χ1) is 7.81. The van der Waals surface area contributed by atoms with Gasteiger partial charge in [0.25, 0.3) is 0 Å². The molecule has 2 rings (SSSR count). The topological polar surface area (TPSA) is 35.2 Å². The van der Waals surface area contributed by atoms with Gasteiger partial charge in [-0.1, -0.05) is 6.92 Å². The van der Waals surface area contributed by atoms with Crippen molar-refractivity contribution >= 4 is 11.3 Å². The molecule has 2 heterocycles. The molecule has 0 spiro atoms. The monoisotopic (exact) mass is 239 g/mol. The first-order valence-electron chi connectivity index (χ1n) is 6.24. The second-order valence-corrected chi connectivity index (χ2v) is 5.43. The van der Waals surface area contributed by atoms with Gasteiger partial charge in [-0.05, 0) is 49.1 Å². The molecule has 2 atom stereocenters. The van der Waals surface area contributed by atoms with E-state index in [1.165, 1.54) is 23.3 Å². The summed E-state index contributed by atoms with van der Waals surface area (Å²) in [6, 6.07) is 2.41. The number of aryl methyl sites for hydroxylation is 1. The fourth-order valence-electron chi connectivity index (χ4n) is 2.33. The molecule has 90 valence electrons. The molecule has 3 heteroatoms. The summed E-state index contributed by atoms with van der Waals surface area (Å²) in [5, 5.41) is 2.15. The number of hydrogen-bond acceptors (Lipinski definition) is 3. The SMILES string of the molecule is CCc1ccsc1C(N)CCC1CCCO1. The van der Waals surface area contributed by atoms with Crippen molar-refractivity contribution in [2.24, 2.45) is 5.73 Å². The number of thiophene rings is 1. The third-order valence-corrected chi connectivity index (χ3v) is 4.41. The van der Waals surface area contributed by atoms with Crippen molar-refractivity contribution in [2.75, 3.05) is 6.61 Å². The molecule has 1 fully saturated rings. The summed E-state index contributed by atoms with van der Waals surface area (Å²) >= 11 is 1.80. The van der Waals surface area contributed by atoms with Crippen LogP contribution in [-0.4, -0.2) is 12.7 Å². The van der Waals surface area contributed by atoms with Gasteiger partial charge in [0, 0.05) is 17.5 Å². The highest BCUT2D eigenvalue weighted by Crippen LogP contribution is 2.28. The van der Waals surface area contributed by atoms with Gasteiger partial charge >= 0.3 is 0 Å². The van der Waals surface area contributed by atoms with E-state index in [1.54, 1.807) is 11.3 Å². The summed E-state index contributed by atoms with van der Waals surface area (Å²) in [5.41, 5.74) is 7.67. The van der Waals surface area contributed by atoms with E-state index in [-0.39, 0.29) is 6.04 Å². The maximum atomic E-state index is 6.25. The summed E-state index contributed by atoms with van der Waals surface area (Å²) in [5.74, 6) is 0. The molecule has 16 heavy (non-hydrogen) atoms. The van der Waals surface area contributed by atoms with Crippen LogP contribution in [0.15, 0.2) is 11.4 Å². The van der Waals surface area contributed by atoms with Crippen molar-refractivity contribution in [1.29, 1.82) is 0 Å². The van der Waals surface area contributed by atoms with Crippen molar-refractivity contribution in [3.05, 3.63) is 21.9 Å². The molecule has 1 saturated heterocycles. The van der Waals surface area contributed by atoms with Crippen LogP contribution in [0, 0.1) is 0 Å². The minimum atomic E-state index is 0.208. The van der Waals surface area contributed by atoms with Crippen LogP contribution in [0.3, 0.4) is 0 Å². The highest BCUT2D eigenvalue weighted by molar-refractivity contribution is 7.10. The van der Waals surface area contributed by atoms with Gasteiger partial charge < -0.3 is 10.5 Å². The number of hydrogen-bond donors (Lipinski definition) is 1. The highest BCUT2D eigenvalue weighted by atomic mass is 32.1. The summed E-state index contributed by atoms with van der Waals surface area (Å²) in [7, 11) is 0. The molecule has 2 unspecified atom stereocenters. The van der Waals surface area contributed by atoms with Crippen molar-refractivity contribution in [3.63, 3.8) is 0 Å². The Labute approximate surface area is 102 Å². The minimum Gasteiger partial charge on any atom is -0.378 e. The van der Waals surface area contributed by atoms with E-state index in [0.717, 1.165) is 25.9 Å². The van der Waals surface area contributed by atoms with E-state index in [1.807, 2.05) is 0 Å². The van der Waals surface area contributed by atoms with Crippen LogP contribution in [0.25, 0.3) is 0 Å². The third-order valence-electron chi connectivity index (χ3n) is 3.32. The molecule has 0 radical (unpaired) electrons. The van der Waals surface area contributed by atoms with Crippen LogP contribution in [0.4, 0.5) is 0 Å². The van der Waals surface area contributed by atoms with E-state index in [2.05, 4.69) is 18.4 Å². The van der Waals surface area contributed by atoms with Gasteiger partial charge in [0.1, 0.15) is 0 Å².